The normalized spacial score (nSPS) is 9.79. The van der Waals surface area contributed by atoms with E-state index in [0.29, 0.717) is 13.2 Å². The number of ether oxygens (including phenoxy) is 1. The van der Waals surface area contributed by atoms with Crippen LogP contribution < -0.4 is 10.6 Å². The summed E-state index contributed by atoms with van der Waals surface area (Å²) in [6, 6.07) is 0. The molecule has 0 aliphatic rings. The number of aliphatic carboxylic acids is 1. The Morgan fingerprint density at radius 2 is 2.21 bits per heavy atom. The van der Waals surface area contributed by atoms with Crippen LogP contribution in [0.25, 0.3) is 0 Å². The molecule has 0 bridgehead atoms. The number of hydrogen-bond acceptors (Lipinski definition) is 4. The lowest BCUT2D eigenvalue weighted by Crippen LogP contribution is -2.23. The second-order valence-corrected chi connectivity index (χ2v) is 2.43. The average Bonchev–Trinajstić information content (AvgIpc) is 2.08. The van der Waals surface area contributed by atoms with Crippen molar-refractivity contribution < 1.29 is 19.4 Å². The minimum Gasteiger partial charge on any atom is -0.498 e. The first-order valence-corrected chi connectivity index (χ1v) is 4.09. The van der Waals surface area contributed by atoms with Gasteiger partial charge in [-0.3, -0.25) is 9.59 Å². The van der Waals surface area contributed by atoms with E-state index in [1.54, 1.807) is 0 Å². The van der Waals surface area contributed by atoms with Crippen molar-refractivity contribution in [2.45, 2.75) is 6.92 Å². The second kappa shape index (κ2) is 7.90. The van der Waals surface area contributed by atoms with Crippen LogP contribution in [-0.2, 0) is 14.3 Å². The highest BCUT2D eigenvalue weighted by molar-refractivity contribution is 5.72. The van der Waals surface area contributed by atoms with Gasteiger partial charge in [-0.15, -0.1) is 0 Å². The molecular weight excluding hydrogens is 188 g/mol. The van der Waals surface area contributed by atoms with E-state index >= 15 is 0 Å². The van der Waals surface area contributed by atoms with Crippen LogP contribution in [0, 0.1) is 0 Å². The largest absolute Gasteiger partial charge is 0.498 e. The molecule has 1 amide bonds. The summed E-state index contributed by atoms with van der Waals surface area (Å²) in [6.07, 6.45) is 2.73. The fourth-order valence-corrected chi connectivity index (χ4v) is 0.596. The van der Waals surface area contributed by atoms with Gasteiger partial charge in [-0.25, -0.2) is 0 Å². The molecule has 3 N–H and O–H groups in total. The van der Waals surface area contributed by atoms with Gasteiger partial charge in [0.1, 0.15) is 13.2 Å². The van der Waals surface area contributed by atoms with Crippen molar-refractivity contribution in [2.24, 2.45) is 0 Å². The fourth-order valence-electron chi connectivity index (χ4n) is 0.596. The number of nitrogens with one attached hydrogen (secondary N) is 2. The lowest BCUT2D eigenvalue weighted by molar-refractivity contribution is -0.135. The van der Waals surface area contributed by atoms with Gasteiger partial charge in [-0.1, -0.05) is 0 Å². The molecule has 0 atom stereocenters. The van der Waals surface area contributed by atoms with Crippen molar-refractivity contribution in [1.29, 1.82) is 0 Å². The van der Waals surface area contributed by atoms with Gasteiger partial charge in [-0.05, 0) is 0 Å². The zero-order valence-corrected chi connectivity index (χ0v) is 7.95. The van der Waals surface area contributed by atoms with E-state index in [-0.39, 0.29) is 12.5 Å². The lowest BCUT2D eigenvalue weighted by Gasteiger charge is -2.01. The van der Waals surface area contributed by atoms with Gasteiger partial charge in [0.05, 0.1) is 12.8 Å². The Morgan fingerprint density at radius 1 is 1.50 bits per heavy atom. The highest BCUT2D eigenvalue weighted by Gasteiger charge is 1.90. The SMILES string of the molecule is CC(=O)NCCOC=CNCC(=O)O. The molecule has 80 valence electrons. The number of carbonyl (C=O) groups excluding carboxylic acids is 1. The van der Waals surface area contributed by atoms with Gasteiger partial charge < -0.3 is 20.5 Å². The van der Waals surface area contributed by atoms with Gasteiger partial charge in [0.25, 0.3) is 0 Å². The number of rotatable bonds is 7. The van der Waals surface area contributed by atoms with Crippen molar-refractivity contribution in [1.82, 2.24) is 10.6 Å². The number of amides is 1. The molecular formula is C8H14N2O4. The third kappa shape index (κ3) is 10.3. The monoisotopic (exact) mass is 202 g/mol. The molecule has 0 heterocycles. The van der Waals surface area contributed by atoms with Crippen LogP contribution in [-0.4, -0.2) is 36.7 Å². The van der Waals surface area contributed by atoms with Crippen molar-refractivity contribution >= 4 is 11.9 Å². The molecule has 0 aromatic rings. The molecule has 14 heavy (non-hydrogen) atoms. The zero-order chi connectivity index (χ0) is 10.8. The van der Waals surface area contributed by atoms with Crippen molar-refractivity contribution in [2.75, 3.05) is 19.7 Å². The quantitative estimate of drug-likeness (QED) is 0.375. The zero-order valence-electron chi connectivity index (χ0n) is 7.95. The van der Waals surface area contributed by atoms with Crippen LogP contribution in [0.2, 0.25) is 0 Å². The molecule has 6 heteroatoms. The average molecular weight is 202 g/mol. The number of carbonyl (C=O) groups is 2. The number of hydrogen-bond donors (Lipinski definition) is 3. The Morgan fingerprint density at radius 3 is 2.79 bits per heavy atom. The predicted octanol–water partition coefficient (Wildman–Crippen LogP) is -0.715. The first-order chi connectivity index (χ1) is 6.63. The molecule has 0 rings (SSSR count). The summed E-state index contributed by atoms with van der Waals surface area (Å²) >= 11 is 0. The molecule has 0 fully saturated rings. The highest BCUT2D eigenvalue weighted by atomic mass is 16.5. The van der Waals surface area contributed by atoms with E-state index in [0.717, 1.165) is 0 Å². The van der Waals surface area contributed by atoms with Crippen LogP contribution in [0.1, 0.15) is 6.92 Å². The Labute approximate surface area is 81.9 Å². The summed E-state index contributed by atoms with van der Waals surface area (Å²) in [7, 11) is 0. The minimum absolute atomic E-state index is 0.110. The Kier molecular flexibility index (Phi) is 6.93. The summed E-state index contributed by atoms with van der Waals surface area (Å²) < 4.78 is 4.92. The Balaban J connectivity index is 3.19. The van der Waals surface area contributed by atoms with E-state index in [1.165, 1.54) is 19.4 Å². The van der Waals surface area contributed by atoms with E-state index in [9.17, 15) is 9.59 Å². The van der Waals surface area contributed by atoms with Gasteiger partial charge in [0, 0.05) is 13.1 Å². The first-order valence-electron chi connectivity index (χ1n) is 4.09. The maximum atomic E-state index is 10.4. The molecule has 0 aromatic heterocycles. The lowest BCUT2D eigenvalue weighted by atomic mass is 10.6. The third-order valence-electron chi connectivity index (χ3n) is 1.13. The topological polar surface area (TPSA) is 87.7 Å². The third-order valence-corrected chi connectivity index (χ3v) is 1.13. The standard InChI is InChI=1S/C8H14N2O4/c1-7(11)10-3-5-14-4-2-9-6-8(12)13/h2,4,9H,3,5-6H2,1H3,(H,10,11)(H,12,13). The van der Waals surface area contributed by atoms with Crippen LogP contribution in [0.5, 0.6) is 0 Å². The molecule has 0 radical (unpaired) electrons. The van der Waals surface area contributed by atoms with Gasteiger partial charge in [0.2, 0.25) is 5.91 Å². The van der Waals surface area contributed by atoms with Crippen LogP contribution in [0.4, 0.5) is 0 Å². The molecule has 0 spiro atoms. The Hall–Kier alpha value is -1.72. The molecule has 0 aliphatic carbocycles. The second-order valence-electron chi connectivity index (χ2n) is 2.43. The summed E-state index contributed by atoms with van der Waals surface area (Å²) in [4.78, 5) is 20.4. The van der Waals surface area contributed by atoms with Gasteiger partial charge >= 0.3 is 5.97 Å². The Bertz CT molecular complexity index is 215. The van der Waals surface area contributed by atoms with E-state index in [1.807, 2.05) is 0 Å². The number of carboxylic acid groups (broad SMARTS) is 1. The van der Waals surface area contributed by atoms with Crippen molar-refractivity contribution in [3.8, 4) is 0 Å². The van der Waals surface area contributed by atoms with Crippen molar-refractivity contribution in [3.05, 3.63) is 12.5 Å². The van der Waals surface area contributed by atoms with Crippen LogP contribution in [0.15, 0.2) is 12.5 Å². The summed E-state index contributed by atoms with van der Waals surface area (Å²) in [5.74, 6) is -1.05. The molecule has 0 saturated heterocycles. The number of carboxylic acids is 1. The minimum atomic E-state index is -0.937. The summed E-state index contributed by atoms with van der Waals surface area (Å²) in [5.41, 5.74) is 0. The van der Waals surface area contributed by atoms with Gasteiger partial charge in [-0.2, -0.15) is 0 Å². The highest BCUT2D eigenvalue weighted by Crippen LogP contribution is 1.74. The van der Waals surface area contributed by atoms with Crippen LogP contribution in [0.3, 0.4) is 0 Å². The first kappa shape index (κ1) is 12.3. The van der Waals surface area contributed by atoms with Crippen molar-refractivity contribution in [3.63, 3.8) is 0 Å². The van der Waals surface area contributed by atoms with E-state index < -0.39 is 5.97 Å². The van der Waals surface area contributed by atoms with Gasteiger partial charge in [0.15, 0.2) is 0 Å². The summed E-state index contributed by atoms with van der Waals surface area (Å²) in [6.45, 7) is 2.05. The molecule has 6 nitrogen and oxygen atoms in total. The van der Waals surface area contributed by atoms with Crippen LogP contribution >= 0.6 is 0 Å². The molecule has 0 saturated carbocycles. The maximum absolute atomic E-state index is 10.4. The summed E-state index contributed by atoms with van der Waals surface area (Å²) in [5, 5.41) is 13.3. The smallest absolute Gasteiger partial charge is 0.322 e. The fraction of sp³-hybridized carbons (Fsp3) is 0.500. The predicted molar refractivity (Wildman–Crippen MR) is 49.4 cm³/mol. The van der Waals surface area contributed by atoms with E-state index in [4.69, 9.17) is 9.84 Å². The maximum Gasteiger partial charge on any atom is 0.322 e. The molecule has 0 aliphatic heterocycles. The molecule has 0 unspecified atom stereocenters. The molecule has 0 aromatic carbocycles. The van der Waals surface area contributed by atoms with E-state index in [2.05, 4.69) is 10.6 Å².